The minimum Gasteiger partial charge on any atom is -0.497 e. The van der Waals surface area contributed by atoms with Crippen molar-refractivity contribution in [3.63, 3.8) is 0 Å². The lowest BCUT2D eigenvalue weighted by molar-refractivity contribution is 0.326. The van der Waals surface area contributed by atoms with Crippen LogP contribution in [0.1, 0.15) is 44.6 Å². The van der Waals surface area contributed by atoms with Crippen molar-refractivity contribution in [1.82, 2.24) is 15.1 Å². The first-order chi connectivity index (χ1) is 13.2. The SMILES string of the molecule is CCCN1CCC(CN=C(NCC)N2CCC(c3ccc(OC)cc3)C2)C1. The number of likely N-dealkylation sites (tertiary alicyclic amines) is 2. The Balaban J connectivity index is 1.56. The molecule has 150 valence electrons. The summed E-state index contributed by atoms with van der Waals surface area (Å²) < 4.78 is 5.28. The Morgan fingerprint density at radius 3 is 2.67 bits per heavy atom. The lowest BCUT2D eigenvalue weighted by atomic mass is 9.98. The maximum absolute atomic E-state index is 5.28. The van der Waals surface area contributed by atoms with Crippen LogP contribution in [0, 0.1) is 5.92 Å². The third-order valence-corrected chi connectivity index (χ3v) is 5.82. The predicted molar refractivity (Wildman–Crippen MR) is 113 cm³/mol. The molecule has 2 atom stereocenters. The summed E-state index contributed by atoms with van der Waals surface area (Å²) in [6.45, 7) is 12.1. The number of nitrogens with zero attached hydrogens (tertiary/aromatic N) is 3. The molecule has 0 aromatic heterocycles. The standard InChI is InChI=1S/C22H36N4O/c1-4-12-25-13-10-18(16-25)15-24-22(23-5-2)26-14-11-20(17-26)19-6-8-21(27-3)9-7-19/h6-9,18,20H,4-5,10-17H2,1-3H3,(H,23,24). The summed E-state index contributed by atoms with van der Waals surface area (Å²) >= 11 is 0. The van der Waals surface area contributed by atoms with Crippen LogP contribution in [0.25, 0.3) is 0 Å². The molecule has 0 radical (unpaired) electrons. The zero-order valence-corrected chi connectivity index (χ0v) is 17.3. The molecular formula is C22H36N4O. The molecule has 2 fully saturated rings. The number of hydrogen-bond donors (Lipinski definition) is 1. The zero-order valence-electron chi connectivity index (χ0n) is 17.3. The molecule has 0 amide bonds. The average molecular weight is 373 g/mol. The average Bonchev–Trinajstić information content (AvgIpc) is 3.35. The van der Waals surface area contributed by atoms with Crippen LogP contribution in [0.3, 0.4) is 0 Å². The second-order valence-electron chi connectivity index (χ2n) is 7.85. The van der Waals surface area contributed by atoms with Gasteiger partial charge in [0.25, 0.3) is 0 Å². The highest BCUT2D eigenvalue weighted by Gasteiger charge is 2.27. The number of guanidine groups is 1. The smallest absolute Gasteiger partial charge is 0.193 e. The van der Waals surface area contributed by atoms with E-state index in [2.05, 4.69) is 53.2 Å². The highest BCUT2D eigenvalue weighted by atomic mass is 16.5. The molecule has 0 spiro atoms. The fourth-order valence-corrected chi connectivity index (χ4v) is 4.32. The van der Waals surface area contributed by atoms with E-state index >= 15 is 0 Å². The van der Waals surface area contributed by atoms with Crippen molar-refractivity contribution < 1.29 is 4.74 Å². The third kappa shape index (κ3) is 5.38. The van der Waals surface area contributed by atoms with Crippen molar-refractivity contribution in [3.05, 3.63) is 29.8 Å². The molecule has 27 heavy (non-hydrogen) atoms. The van der Waals surface area contributed by atoms with Gasteiger partial charge >= 0.3 is 0 Å². The number of rotatable bonds is 7. The van der Waals surface area contributed by atoms with Gasteiger partial charge in [-0.2, -0.15) is 0 Å². The summed E-state index contributed by atoms with van der Waals surface area (Å²) in [4.78, 5) is 10.0. The quantitative estimate of drug-likeness (QED) is 0.589. The lowest BCUT2D eigenvalue weighted by Crippen LogP contribution is -2.40. The van der Waals surface area contributed by atoms with E-state index in [1.165, 1.54) is 44.5 Å². The van der Waals surface area contributed by atoms with E-state index in [1.807, 2.05) is 0 Å². The summed E-state index contributed by atoms with van der Waals surface area (Å²) in [7, 11) is 1.72. The van der Waals surface area contributed by atoms with Gasteiger partial charge in [0.05, 0.1) is 7.11 Å². The Bertz CT molecular complexity index is 601. The molecule has 1 aromatic carbocycles. The summed E-state index contributed by atoms with van der Waals surface area (Å²) in [5.41, 5.74) is 1.40. The lowest BCUT2D eigenvalue weighted by Gasteiger charge is -2.22. The number of aliphatic imine (C=N–C) groups is 1. The third-order valence-electron chi connectivity index (χ3n) is 5.82. The minimum atomic E-state index is 0.575. The largest absolute Gasteiger partial charge is 0.497 e. The number of nitrogens with one attached hydrogen (secondary N) is 1. The molecular weight excluding hydrogens is 336 g/mol. The van der Waals surface area contributed by atoms with Gasteiger partial charge in [-0.3, -0.25) is 4.99 Å². The first-order valence-electron chi connectivity index (χ1n) is 10.6. The minimum absolute atomic E-state index is 0.575. The van der Waals surface area contributed by atoms with Crippen LogP contribution in [0.4, 0.5) is 0 Å². The van der Waals surface area contributed by atoms with Gasteiger partial charge in [-0.15, -0.1) is 0 Å². The Labute approximate surface area is 164 Å². The molecule has 2 heterocycles. The van der Waals surface area contributed by atoms with Crippen LogP contribution in [-0.2, 0) is 0 Å². The van der Waals surface area contributed by atoms with E-state index in [0.29, 0.717) is 11.8 Å². The molecule has 5 heteroatoms. The Hall–Kier alpha value is -1.75. The molecule has 0 saturated carbocycles. The van der Waals surface area contributed by atoms with E-state index < -0.39 is 0 Å². The molecule has 3 rings (SSSR count). The topological polar surface area (TPSA) is 40.1 Å². The molecule has 1 N–H and O–H groups in total. The molecule has 2 aliphatic rings. The summed E-state index contributed by atoms with van der Waals surface area (Å²) in [6, 6.07) is 8.55. The van der Waals surface area contributed by atoms with E-state index in [0.717, 1.165) is 37.9 Å². The van der Waals surface area contributed by atoms with Gasteiger partial charge in [-0.25, -0.2) is 0 Å². The fraction of sp³-hybridized carbons (Fsp3) is 0.682. The van der Waals surface area contributed by atoms with Crippen molar-refractivity contribution in [2.24, 2.45) is 10.9 Å². The summed E-state index contributed by atoms with van der Waals surface area (Å²) in [5, 5.41) is 3.52. The van der Waals surface area contributed by atoms with Crippen LogP contribution in [0.5, 0.6) is 5.75 Å². The monoisotopic (exact) mass is 372 g/mol. The van der Waals surface area contributed by atoms with Crippen LogP contribution < -0.4 is 10.1 Å². The fourth-order valence-electron chi connectivity index (χ4n) is 4.32. The normalized spacial score (nSPS) is 23.8. The highest BCUT2D eigenvalue weighted by molar-refractivity contribution is 5.80. The molecule has 2 unspecified atom stereocenters. The maximum Gasteiger partial charge on any atom is 0.193 e. The van der Waals surface area contributed by atoms with Gasteiger partial charge < -0.3 is 19.9 Å². The van der Waals surface area contributed by atoms with Crippen molar-refractivity contribution in [2.75, 3.05) is 52.9 Å². The van der Waals surface area contributed by atoms with E-state index in [1.54, 1.807) is 7.11 Å². The Kier molecular flexibility index (Phi) is 7.39. The number of methoxy groups -OCH3 is 1. The van der Waals surface area contributed by atoms with Crippen LogP contribution >= 0.6 is 0 Å². The Morgan fingerprint density at radius 2 is 1.96 bits per heavy atom. The van der Waals surface area contributed by atoms with Crippen molar-refractivity contribution in [1.29, 1.82) is 0 Å². The van der Waals surface area contributed by atoms with Crippen LogP contribution in [0.15, 0.2) is 29.3 Å². The molecule has 0 aliphatic carbocycles. The van der Waals surface area contributed by atoms with Gasteiger partial charge in [0.1, 0.15) is 5.75 Å². The van der Waals surface area contributed by atoms with Gasteiger partial charge in [-0.05, 0) is 62.9 Å². The molecule has 2 saturated heterocycles. The van der Waals surface area contributed by atoms with Gasteiger partial charge in [-0.1, -0.05) is 19.1 Å². The van der Waals surface area contributed by atoms with Crippen molar-refractivity contribution >= 4 is 5.96 Å². The molecule has 0 bridgehead atoms. The van der Waals surface area contributed by atoms with Gasteiger partial charge in [0.2, 0.25) is 0 Å². The number of benzene rings is 1. The molecule has 1 aromatic rings. The Morgan fingerprint density at radius 1 is 1.15 bits per heavy atom. The zero-order chi connectivity index (χ0) is 19.1. The highest BCUT2D eigenvalue weighted by Crippen LogP contribution is 2.28. The van der Waals surface area contributed by atoms with E-state index in [9.17, 15) is 0 Å². The van der Waals surface area contributed by atoms with Gasteiger partial charge in [0, 0.05) is 38.6 Å². The second kappa shape index (κ2) is 9.98. The number of hydrogen-bond acceptors (Lipinski definition) is 3. The maximum atomic E-state index is 5.28. The summed E-state index contributed by atoms with van der Waals surface area (Å²) in [5.74, 6) is 3.32. The number of ether oxygens (including phenoxy) is 1. The van der Waals surface area contributed by atoms with Gasteiger partial charge in [0.15, 0.2) is 5.96 Å². The second-order valence-corrected chi connectivity index (χ2v) is 7.85. The van der Waals surface area contributed by atoms with Crippen molar-refractivity contribution in [3.8, 4) is 5.75 Å². The predicted octanol–water partition coefficient (Wildman–Crippen LogP) is 3.18. The van der Waals surface area contributed by atoms with Crippen LogP contribution in [-0.4, -0.2) is 68.7 Å². The molecule has 5 nitrogen and oxygen atoms in total. The van der Waals surface area contributed by atoms with E-state index in [4.69, 9.17) is 9.73 Å². The van der Waals surface area contributed by atoms with Crippen LogP contribution in [0.2, 0.25) is 0 Å². The molecule has 2 aliphatic heterocycles. The van der Waals surface area contributed by atoms with Crippen molar-refractivity contribution in [2.45, 2.75) is 39.0 Å². The first kappa shape index (κ1) is 20.0. The van der Waals surface area contributed by atoms with E-state index in [-0.39, 0.29) is 0 Å². The summed E-state index contributed by atoms with van der Waals surface area (Å²) in [6.07, 6.45) is 3.72. The first-order valence-corrected chi connectivity index (χ1v) is 10.6.